The number of nitrogens with zero attached hydrogens (tertiary/aromatic N) is 2. The van der Waals surface area contributed by atoms with Crippen LogP contribution in [0.4, 0.5) is 17.2 Å². The Morgan fingerprint density at radius 1 is 1.44 bits per heavy atom. The number of halogens is 1. The highest BCUT2D eigenvalue weighted by molar-refractivity contribution is 9.10. The van der Waals surface area contributed by atoms with Gasteiger partial charge in [0.15, 0.2) is 5.82 Å². The molecule has 2 aromatic rings. The lowest BCUT2D eigenvalue weighted by atomic mass is 10.3. The Morgan fingerprint density at radius 2 is 2.22 bits per heavy atom. The topological polar surface area (TPSA) is 55.9 Å². The van der Waals surface area contributed by atoms with Crippen LogP contribution in [0.3, 0.4) is 0 Å². The SMILES string of the molecule is CCCn1nc(C)c(N)c1Nc1cccc(Br)c1. The summed E-state index contributed by atoms with van der Waals surface area (Å²) in [6.45, 7) is 4.90. The van der Waals surface area contributed by atoms with Crippen LogP contribution in [0.1, 0.15) is 19.0 Å². The number of rotatable bonds is 4. The molecule has 4 nitrogen and oxygen atoms in total. The molecule has 0 aliphatic carbocycles. The first-order valence-corrected chi connectivity index (χ1v) is 6.76. The fraction of sp³-hybridized carbons (Fsp3) is 0.308. The number of benzene rings is 1. The van der Waals surface area contributed by atoms with E-state index in [0.717, 1.165) is 34.6 Å². The number of aromatic nitrogens is 2. The van der Waals surface area contributed by atoms with Crippen molar-refractivity contribution in [2.45, 2.75) is 26.8 Å². The van der Waals surface area contributed by atoms with Crippen molar-refractivity contribution in [2.75, 3.05) is 11.1 Å². The van der Waals surface area contributed by atoms with Gasteiger partial charge in [-0.15, -0.1) is 0 Å². The first-order valence-electron chi connectivity index (χ1n) is 5.97. The molecule has 0 atom stereocenters. The number of anilines is 3. The summed E-state index contributed by atoms with van der Waals surface area (Å²) in [5.74, 6) is 0.868. The second-order valence-electron chi connectivity index (χ2n) is 4.21. The molecule has 0 spiro atoms. The molecule has 0 saturated carbocycles. The third kappa shape index (κ3) is 2.67. The number of nitrogen functional groups attached to an aromatic ring is 1. The Bertz CT molecular complexity index is 548. The minimum absolute atomic E-state index is 0.712. The zero-order valence-electron chi connectivity index (χ0n) is 10.6. The maximum Gasteiger partial charge on any atom is 0.152 e. The van der Waals surface area contributed by atoms with Crippen LogP contribution < -0.4 is 11.1 Å². The molecule has 0 saturated heterocycles. The van der Waals surface area contributed by atoms with Crippen molar-refractivity contribution >= 4 is 33.1 Å². The molecule has 2 rings (SSSR count). The van der Waals surface area contributed by atoms with Gasteiger partial charge in [0.2, 0.25) is 0 Å². The summed E-state index contributed by atoms with van der Waals surface area (Å²) in [7, 11) is 0. The lowest BCUT2D eigenvalue weighted by Crippen LogP contribution is -2.05. The van der Waals surface area contributed by atoms with E-state index in [1.165, 1.54) is 0 Å². The van der Waals surface area contributed by atoms with E-state index >= 15 is 0 Å². The first-order chi connectivity index (χ1) is 8.61. The van der Waals surface area contributed by atoms with Gasteiger partial charge in [-0.05, 0) is 31.5 Å². The Morgan fingerprint density at radius 3 is 2.89 bits per heavy atom. The molecule has 0 fully saturated rings. The summed E-state index contributed by atoms with van der Waals surface area (Å²) in [5, 5.41) is 7.77. The van der Waals surface area contributed by atoms with E-state index in [1.807, 2.05) is 35.9 Å². The van der Waals surface area contributed by atoms with Crippen molar-refractivity contribution in [1.29, 1.82) is 0 Å². The van der Waals surface area contributed by atoms with Gasteiger partial charge in [0.05, 0.1) is 11.4 Å². The summed E-state index contributed by atoms with van der Waals surface area (Å²) in [6, 6.07) is 7.99. The molecule has 1 aromatic heterocycles. The van der Waals surface area contributed by atoms with Crippen LogP contribution in [0.25, 0.3) is 0 Å². The number of aryl methyl sites for hydroxylation is 2. The van der Waals surface area contributed by atoms with Crippen molar-refractivity contribution in [2.24, 2.45) is 0 Å². The minimum atomic E-state index is 0.712. The van der Waals surface area contributed by atoms with Crippen LogP contribution in [0.2, 0.25) is 0 Å². The van der Waals surface area contributed by atoms with Gasteiger partial charge in [-0.3, -0.25) is 0 Å². The van der Waals surface area contributed by atoms with Crippen molar-refractivity contribution < 1.29 is 0 Å². The monoisotopic (exact) mass is 308 g/mol. The number of nitrogens with one attached hydrogen (secondary N) is 1. The normalized spacial score (nSPS) is 10.6. The summed E-state index contributed by atoms with van der Waals surface area (Å²) in [4.78, 5) is 0. The predicted molar refractivity (Wildman–Crippen MR) is 79.1 cm³/mol. The molecule has 1 aromatic carbocycles. The van der Waals surface area contributed by atoms with E-state index in [2.05, 4.69) is 33.3 Å². The quantitative estimate of drug-likeness (QED) is 0.905. The molecule has 5 heteroatoms. The molecule has 0 aliphatic heterocycles. The van der Waals surface area contributed by atoms with Crippen LogP contribution >= 0.6 is 15.9 Å². The third-order valence-corrected chi connectivity index (χ3v) is 3.19. The molecule has 0 amide bonds. The van der Waals surface area contributed by atoms with Crippen molar-refractivity contribution in [3.8, 4) is 0 Å². The highest BCUT2D eigenvalue weighted by Gasteiger charge is 2.12. The molecular formula is C13H17BrN4. The second kappa shape index (κ2) is 5.44. The van der Waals surface area contributed by atoms with Crippen molar-refractivity contribution in [1.82, 2.24) is 9.78 Å². The van der Waals surface area contributed by atoms with Crippen molar-refractivity contribution in [3.63, 3.8) is 0 Å². The van der Waals surface area contributed by atoms with Crippen LogP contribution in [-0.4, -0.2) is 9.78 Å². The van der Waals surface area contributed by atoms with Crippen LogP contribution in [-0.2, 0) is 6.54 Å². The molecule has 96 valence electrons. The predicted octanol–water partition coefficient (Wildman–Crippen LogP) is 3.69. The van der Waals surface area contributed by atoms with Gasteiger partial charge in [0.1, 0.15) is 0 Å². The van der Waals surface area contributed by atoms with E-state index in [4.69, 9.17) is 5.73 Å². The third-order valence-electron chi connectivity index (χ3n) is 2.70. The summed E-state index contributed by atoms with van der Waals surface area (Å²) in [6.07, 6.45) is 1.02. The maximum absolute atomic E-state index is 6.06. The lowest BCUT2D eigenvalue weighted by Gasteiger charge is -2.10. The first kappa shape index (κ1) is 13.0. The van der Waals surface area contributed by atoms with Crippen LogP contribution in [0, 0.1) is 6.92 Å². The van der Waals surface area contributed by atoms with E-state index in [1.54, 1.807) is 0 Å². The number of hydrogen-bond acceptors (Lipinski definition) is 3. The van der Waals surface area contributed by atoms with Gasteiger partial charge in [-0.2, -0.15) is 5.10 Å². The van der Waals surface area contributed by atoms with E-state index in [-0.39, 0.29) is 0 Å². The van der Waals surface area contributed by atoms with Gasteiger partial charge in [0.25, 0.3) is 0 Å². The molecule has 0 aliphatic rings. The van der Waals surface area contributed by atoms with Gasteiger partial charge in [0, 0.05) is 16.7 Å². The molecule has 0 radical (unpaired) electrons. The van der Waals surface area contributed by atoms with Crippen LogP contribution in [0.5, 0.6) is 0 Å². The summed E-state index contributed by atoms with van der Waals surface area (Å²) < 4.78 is 2.95. The van der Waals surface area contributed by atoms with Crippen molar-refractivity contribution in [3.05, 3.63) is 34.4 Å². The molecule has 0 bridgehead atoms. The minimum Gasteiger partial charge on any atom is -0.394 e. The van der Waals surface area contributed by atoms with Gasteiger partial charge >= 0.3 is 0 Å². The average Bonchev–Trinajstić information content (AvgIpc) is 2.58. The second-order valence-corrected chi connectivity index (χ2v) is 5.12. The Balaban J connectivity index is 2.33. The van der Waals surface area contributed by atoms with E-state index < -0.39 is 0 Å². The Kier molecular flexibility index (Phi) is 3.91. The summed E-state index contributed by atoms with van der Waals surface area (Å²) >= 11 is 3.45. The van der Waals surface area contributed by atoms with E-state index in [9.17, 15) is 0 Å². The van der Waals surface area contributed by atoms with Gasteiger partial charge in [-0.25, -0.2) is 4.68 Å². The smallest absolute Gasteiger partial charge is 0.152 e. The highest BCUT2D eigenvalue weighted by Crippen LogP contribution is 2.27. The zero-order chi connectivity index (χ0) is 13.1. The molecule has 18 heavy (non-hydrogen) atoms. The lowest BCUT2D eigenvalue weighted by molar-refractivity contribution is 0.605. The zero-order valence-corrected chi connectivity index (χ0v) is 12.2. The fourth-order valence-electron chi connectivity index (χ4n) is 1.80. The van der Waals surface area contributed by atoms with Gasteiger partial charge < -0.3 is 11.1 Å². The standard InChI is InChI=1S/C13H17BrN4/c1-3-7-18-13(12(15)9(2)17-18)16-11-6-4-5-10(14)8-11/h4-6,8,16H,3,7,15H2,1-2H3. The van der Waals surface area contributed by atoms with Crippen LogP contribution in [0.15, 0.2) is 28.7 Å². The van der Waals surface area contributed by atoms with Gasteiger partial charge in [-0.1, -0.05) is 28.9 Å². The summed E-state index contributed by atoms with van der Waals surface area (Å²) in [5.41, 5.74) is 8.63. The molecule has 1 heterocycles. The highest BCUT2D eigenvalue weighted by atomic mass is 79.9. The molecular weight excluding hydrogens is 292 g/mol. The Hall–Kier alpha value is -1.49. The fourth-order valence-corrected chi connectivity index (χ4v) is 2.20. The number of hydrogen-bond donors (Lipinski definition) is 2. The molecule has 0 unspecified atom stereocenters. The maximum atomic E-state index is 6.06. The van der Waals surface area contributed by atoms with E-state index in [0.29, 0.717) is 5.69 Å². The largest absolute Gasteiger partial charge is 0.394 e. The average molecular weight is 309 g/mol. The number of nitrogens with two attached hydrogens (primary N) is 1. The Labute approximate surface area is 115 Å². The molecule has 3 N–H and O–H groups in total.